The Hall–Kier alpha value is -1.79. The maximum absolute atomic E-state index is 13.1. The van der Waals surface area contributed by atoms with Gasteiger partial charge in [-0.2, -0.15) is 0 Å². The first-order valence-electron chi connectivity index (χ1n) is 11.0. The molecule has 1 aliphatic carbocycles. The molecular weight excluding hydrogens is 472 g/mol. The fourth-order valence-electron chi connectivity index (χ4n) is 3.85. The van der Waals surface area contributed by atoms with Crippen LogP contribution in [0, 0.1) is 0 Å². The highest BCUT2D eigenvalue weighted by atomic mass is 79.9. The Morgan fingerprint density at radius 3 is 2.39 bits per heavy atom. The van der Waals surface area contributed by atoms with E-state index in [0.717, 1.165) is 28.6 Å². The first-order valence-corrected chi connectivity index (χ1v) is 12.9. The van der Waals surface area contributed by atoms with Crippen LogP contribution in [0.5, 0.6) is 0 Å². The molecular formula is C25H31BrN2O2S. The first kappa shape index (κ1) is 23.9. The van der Waals surface area contributed by atoms with Crippen molar-refractivity contribution in [3.05, 3.63) is 70.2 Å². The lowest BCUT2D eigenvalue weighted by Crippen LogP contribution is -2.50. The molecule has 31 heavy (non-hydrogen) atoms. The topological polar surface area (TPSA) is 49.4 Å². The third-order valence-corrected chi connectivity index (χ3v) is 7.24. The number of carbonyl (C=O) groups is 2. The van der Waals surface area contributed by atoms with Crippen molar-refractivity contribution in [2.24, 2.45) is 0 Å². The molecule has 166 valence electrons. The molecule has 4 nitrogen and oxygen atoms in total. The van der Waals surface area contributed by atoms with Crippen molar-refractivity contribution in [2.75, 3.05) is 5.75 Å². The van der Waals surface area contributed by atoms with E-state index in [9.17, 15) is 9.59 Å². The van der Waals surface area contributed by atoms with Crippen LogP contribution >= 0.6 is 27.7 Å². The summed E-state index contributed by atoms with van der Waals surface area (Å²) in [7, 11) is 0. The molecule has 1 N–H and O–H groups in total. The lowest BCUT2D eigenvalue weighted by atomic mass is 9.95. The van der Waals surface area contributed by atoms with Crippen LogP contribution in [0.4, 0.5) is 0 Å². The summed E-state index contributed by atoms with van der Waals surface area (Å²) >= 11 is 5.03. The monoisotopic (exact) mass is 502 g/mol. The SMILES string of the molecule is CC(C(=O)NC1CCCCC1)N(Cc1ccccc1)C(=O)CSCc1ccc(Br)cc1. The van der Waals surface area contributed by atoms with Gasteiger partial charge < -0.3 is 10.2 Å². The molecule has 3 rings (SSSR count). The Kier molecular flexibility index (Phi) is 9.47. The summed E-state index contributed by atoms with van der Waals surface area (Å²) in [5.74, 6) is 1.07. The molecule has 1 aliphatic rings. The Labute approximate surface area is 198 Å². The predicted molar refractivity (Wildman–Crippen MR) is 132 cm³/mol. The van der Waals surface area contributed by atoms with Crippen molar-refractivity contribution in [1.29, 1.82) is 0 Å². The van der Waals surface area contributed by atoms with Gasteiger partial charge in [0.1, 0.15) is 6.04 Å². The minimum Gasteiger partial charge on any atom is -0.352 e. The van der Waals surface area contributed by atoms with Crippen LogP contribution in [0.1, 0.15) is 50.2 Å². The number of benzene rings is 2. The van der Waals surface area contributed by atoms with Gasteiger partial charge in [-0.1, -0.05) is 77.7 Å². The average molecular weight is 504 g/mol. The molecule has 0 aliphatic heterocycles. The number of nitrogens with one attached hydrogen (secondary N) is 1. The van der Waals surface area contributed by atoms with Crippen molar-refractivity contribution in [3.8, 4) is 0 Å². The van der Waals surface area contributed by atoms with E-state index in [4.69, 9.17) is 0 Å². The minimum absolute atomic E-state index is 0.00254. The number of nitrogens with zero attached hydrogens (tertiary/aromatic N) is 1. The van der Waals surface area contributed by atoms with Gasteiger partial charge in [0.25, 0.3) is 0 Å². The van der Waals surface area contributed by atoms with Crippen molar-refractivity contribution >= 4 is 39.5 Å². The van der Waals surface area contributed by atoms with Gasteiger partial charge in [0.2, 0.25) is 11.8 Å². The molecule has 1 saturated carbocycles. The standard InChI is InChI=1S/C25H31BrN2O2S/c1-19(25(30)27-23-10-6-3-7-11-23)28(16-20-8-4-2-5-9-20)24(29)18-31-17-21-12-14-22(26)15-13-21/h2,4-5,8-9,12-15,19,23H,3,6-7,10-11,16-18H2,1H3,(H,27,30). The Morgan fingerprint density at radius 2 is 1.71 bits per heavy atom. The van der Waals surface area contributed by atoms with E-state index in [0.29, 0.717) is 12.3 Å². The molecule has 0 spiro atoms. The molecule has 0 aromatic heterocycles. The number of rotatable bonds is 9. The average Bonchev–Trinajstić information content (AvgIpc) is 2.79. The zero-order valence-corrected chi connectivity index (χ0v) is 20.5. The van der Waals surface area contributed by atoms with E-state index >= 15 is 0 Å². The molecule has 2 aromatic rings. The van der Waals surface area contributed by atoms with Crippen LogP contribution in [0.15, 0.2) is 59.1 Å². The maximum Gasteiger partial charge on any atom is 0.242 e. The van der Waals surface area contributed by atoms with E-state index in [1.807, 2.05) is 49.4 Å². The molecule has 1 fully saturated rings. The second-order valence-electron chi connectivity index (χ2n) is 8.15. The summed E-state index contributed by atoms with van der Waals surface area (Å²) < 4.78 is 1.05. The third kappa shape index (κ3) is 7.69. The molecule has 6 heteroatoms. The Bertz CT molecular complexity index is 838. The number of hydrogen-bond donors (Lipinski definition) is 1. The molecule has 0 bridgehead atoms. The summed E-state index contributed by atoms with van der Waals surface area (Å²) in [6.45, 7) is 2.29. The predicted octanol–water partition coefficient (Wildman–Crippen LogP) is 5.55. The number of halogens is 1. The summed E-state index contributed by atoms with van der Waals surface area (Å²) in [5, 5.41) is 3.18. The smallest absolute Gasteiger partial charge is 0.242 e. The second kappa shape index (κ2) is 12.3. The molecule has 1 unspecified atom stereocenters. The number of hydrogen-bond acceptors (Lipinski definition) is 3. The van der Waals surface area contributed by atoms with Crippen LogP contribution in [-0.2, 0) is 21.9 Å². The van der Waals surface area contributed by atoms with E-state index in [-0.39, 0.29) is 17.9 Å². The van der Waals surface area contributed by atoms with Crippen LogP contribution in [-0.4, -0.2) is 34.6 Å². The molecule has 2 amide bonds. The summed E-state index contributed by atoms with van der Waals surface area (Å²) in [5.41, 5.74) is 2.21. The molecule has 0 saturated heterocycles. The third-order valence-electron chi connectivity index (χ3n) is 5.72. The molecule has 0 heterocycles. The van der Waals surface area contributed by atoms with Crippen LogP contribution in [0.2, 0.25) is 0 Å². The fourth-order valence-corrected chi connectivity index (χ4v) is 4.99. The molecule has 1 atom stereocenters. The van der Waals surface area contributed by atoms with Gasteiger partial charge in [-0.3, -0.25) is 9.59 Å². The van der Waals surface area contributed by atoms with E-state index < -0.39 is 6.04 Å². The number of thioether (sulfide) groups is 1. The second-order valence-corrected chi connectivity index (χ2v) is 10.0. The number of carbonyl (C=O) groups excluding carboxylic acids is 2. The van der Waals surface area contributed by atoms with Crippen LogP contribution in [0.3, 0.4) is 0 Å². The van der Waals surface area contributed by atoms with Gasteiger partial charge >= 0.3 is 0 Å². The van der Waals surface area contributed by atoms with E-state index in [1.165, 1.54) is 24.8 Å². The fraction of sp³-hybridized carbons (Fsp3) is 0.440. The van der Waals surface area contributed by atoms with E-state index in [1.54, 1.807) is 16.7 Å². The normalized spacial score (nSPS) is 15.3. The van der Waals surface area contributed by atoms with Gasteiger partial charge in [0.05, 0.1) is 5.75 Å². The highest BCUT2D eigenvalue weighted by Gasteiger charge is 2.27. The van der Waals surface area contributed by atoms with E-state index in [2.05, 4.69) is 33.4 Å². The van der Waals surface area contributed by atoms with Gasteiger partial charge in [0, 0.05) is 22.8 Å². The Balaban J connectivity index is 1.61. The summed E-state index contributed by atoms with van der Waals surface area (Å²) in [6, 6.07) is 17.8. The maximum atomic E-state index is 13.1. The van der Waals surface area contributed by atoms with Gasteiger partial charge in [0.15, 0.2) is 0 Å². The van der Waals surface area contributed by atoms with Crippen molar-refractivity contribution in [1.82, 2.24) is 10.2 Å². The molecule has 2 aromatic carbocycles. The summed E-state index contributed by atoms with van der Waals surface area (Å²) in [6.07, 6.45) is 5.65. The molecule has 0 radical (unpaired) electrons. The zero-order valence-electron chi connectivity index (χ0n) is 18.1. The highest BCUT2D eigenvalue weighted by molar-refractivity contribution is 9.10. The lowest BCUT2D eigenvalue weighted by Gasteiger charge is -2.31. The zero-order chi connectivity index (χ0) is 22.1. The highest BCUT2D eigenvalue weighted by Crippen LogP contribution is 2.20. The summed E-state index contributed by atoms with van der Waals surface area (Å²) in [4.78, 5) is 27.8. The van der Waals surface area contributed by atoms with Crippen LogP contribution < -0.4 is 5.32 Å². The Morgan fingerprint density at radius 1 is 1.03 bits per heavy atom. The quantitative estimate of drug-likeness (QED) is 0.488. The largest absolute Gasteiger partial charge is 0.352 e. The lowest BCUT2D eigenvalue weighted by molar-refractivity contribution is -0.139. The van der Waals surface area contributed by atoms with Crippen LogP contribution in [0.25, 0.3) is 0 Å². The van der Waals surface area contributed by atoms with Gasteiger partial charge in [-0.05, 0) is 43.0 Å². The minimum atomic E-state index is -0.497. The van der Waals surface area contributed by atoms with Gasteiger partial charge in [-0.15, -0.1) is 11.8 Å². The van der Waals surface area contributed by atoms with Crippen molar-refractivity contribution in [3.63, 3.8) is 0 Å². The van der Waals surface area contributed by atoms with Gasteiger partial charge in [-0.25, -0.2) is 0 Å². The van der Waals surface area contributed by atoms with Crippen molar-refractivity contribution < 1.29 is 9.59 Å². The number of amides is 2. The first-order chi connectivity index (χ1) is 15.0. The van der Waals surface area contributed by atoms with Crippen molar-refractivity contribution in [2.45, 2.75) is 63.4 Å².